The van der Waals surface area contributed by atoms with Crippen LogP contribution in [-0.4, -0.2) is 14.7 Å². The second-order valence-electron chi connectivity index (χ2n) is 7.97. The minimum atomic E-state index is -3.48. The maximum absolute atomic E-state index is 11.5. The lowest BCUT2D eigenvalue weighted by molar-refractivity contribution is 0.523. The Morgan fingerprint density at radius 1 is 0.852 bits per heavy atom. The normalized spacial score (nSPS) is 12.8. The molecule has 1 atom stereocenters. The van der Waals surface area contributed by atoms with Gasteiger partial charge < -0.3 is 0 Å². The Labute approximate surface area is 166 Å². The molecule has 0 heterocycles. The molecule has 2 rings (SSSR count). The highest BCUT2D eigenvalue weighted by Crippen LogP contribution is 2.39. The first-order valence-corrected chi connectivity index (χ1v) is 12.1. The van der Waals surface area contributed by atoms with E-state index in [1.165, 1.54) is 22.3 Å². The van der Waals surface area contributed by atoms with Gasteiger partial charge in [-0.1, -0.05) is 77.9 Å². The minimum Gasteiger partial charge on any atom is -0.246 e. The van der Waals surface area contributed by atoms with Gasteiger partial charge in [0.15, 0.2) is 0 Å². The summed E-state index contributed by atoms with van der Waals surface area (Å²) in [6, 6.07) is 12.6. The van der Waals surface area contributed by atoms with Gasteiger partial charge in [-0.25, -0.2) is 3.97 Å². The lowest BCUT2D eigenvalue weighted by Crippen LogP contribution is -2.09. The van der Waals surface area contributed by atoms with E-state index in [1.54, 1.807) is 0 Å². The third-order valence-corrected chi connectivity index (χ3v) is 6.83. The molecule has 0 aliphatic carbocycles. The second kappa shape index (κ2) is 8.86. The summed E-state index contributed by atoms with van der Waals surface area (Å²) in [5.74, 6) is 1.19. The number of benzene rings is 2. The predicted octanol–water partition coefficient (Wildman–Crippen LogP) is 5.92. The largest absolute Gasteiger partial charge is 0.267 e. The molecule has 0 aromatic heterocycles. The van der Waals surface area contributed by atoms with E-state index in [0.717, 1.165) is 17.1 Å². The quantitative estimate of drug-likeness (QED) is 0.536. The van der Waals surface area contributed by atoms with E-state index in [1.807, 2.05) is 18.2 Å². The first kappa shape index (κ1) is 22.1. The lowest BCUT2D eigenvalue weighted by Gasteiger charge is -2.24. The van der Waals surface area contributed by atoms with Crippen LogP contribution in [0, 0.1) is 0 Å². The lowest BCUT2D eigenvalue weighted by atomic mass is 9.82. The van der Waals surface area contributed by atoms with Gasteiger partial charge in [-0.05, 0) is 45.6 Å². The molecule has 0 aliphatic rings. The molecule has 0 saturated carbocycles. The molecule has 0 bridgehead atoms. The van der Waals surface area contributed by atoms with Gasteiger partial charge in [0, 0.05) is 5.30 Å². The average Bonchev–Trinajstić information content (AvgIpc) is 2.58. The average molecular weight is 407 g/mol. The molecule has 1 unspecified atom stereocenters. The Hall–Kier alpha value is -1.22. The summed E-state index contributed by atoms with van der Waals surface area (Å²) in [5.41, 5.74) is 6.26. The number of hydrogen-bond donors (Lipinski definition) is 0. The Morgan fingerprint density at radius 2 is 1.37 bits per heavy atom. The summed E-state index contributed by atoms with van der Waals surface area (Å²) in [6.45, 7) is 13.3. The minimum absolute atomic E-state index is 0.235. The molecule has 148 valence electrons. The summed E-state index contributed by atoms with van der Waals surface area (Å²) in [7, 11) is -3.72. The van der Waals surface area contributed by atoms with Crippen molar-refractivity contribution in [3.63, 3.8) is 0 Å². The van der Waals surface area contributed by atoms with Crippen LogP contribution < -0.4 is 5.30 Å². The maximum atomic E-state index is 11.5. The van der Waals surface area contributed by atoms with Crippen molar-refractivity contribution >= 4 is 24.2 Å². The van der Waals surface area contributed by atoms with E-state index in [9.17, 15) is 8.42 Å². The van der Waals surface area contributed by atoms with Crippen molar-refractivity contribution in [2.75, 3.05) is 6.26 Å². The summed E-state index contributed by atoms with van der Waals surface area (Å²) in [6.07, 6.45) is 1.10. The zero-order valence-corrected chi connectivity index (χ0v) is 19.1. The molecule has 2 aromatic carbocycles. The van der Waals surface area contributed by atoms with Crippen molar-refractivity contribution in [2.24, 2.45) is 0 Å². The third kappa shape index (κ3) is 5.63. The van der Waals surface area contributed by atoms with Gasteiger partial charge in [0.1, 0.15) is 0 Å². The van der Waals surface area contributed by atoms with Crippen LogP contribution in [0.5, 0.6) is 0 Å². The maximum Gasteiger partial charge on any atom is 0.267 e. The van der Waals surface area contributed by atoms with Gasteiger partial charge in [-0.3, -0.25) is 0 Å². The van der Waals surface area contributed by atoms with Crippen molar-refractivity contribution in [1.82, 2.24) is 0 Å². The van der Waals surface area contributed by atoms with Crippen LogP contribution in [0.15, 0.2) is 36.4 Å². The van der Waals surface area contributed by atoms with Crippen molar-refractivity contribution in [3.8, 4) is 11.1 Å². The number of hydrogen-bond acceptors (Lipinski definition) is 3. The molecular formula is C22H31O3PS. The van der Waals surface area contributed by atoms with Crippen molar-refractivity contribution < 1.29 is 12.4 Å². The highest BCUT2D eigenvalue weighted by atomic mass is 32.2. The van der Waals surface area contributed by atoms with Gasteiger partial charge in [-0.2, -0.15) is 8.42 Å². The Balaban J connectivity index is 2.74. The zero-order valence-electron chi connectivity index (χ0n) is 17.3. The number of rotatable bonds is 7. The molecule has 0 amide bonds. The third-order valence-electron chi connectivity index (χ3n) is 4.63. The topological polar surface area (TPSA) is 43.4 Å². The van der Waals surface area contributed by atoms with E-state index in [0.29, 0.717) is 17.8 Å². The predicted molar refractivity (Wildman–Crippen MR) is 118 cm³/mol. The van der Waals surface area contributed by atoms with Crippen LogP contribution in [0.1, 0.15) is 76.0 Å². The Morgan fingerprint density at radius 3 is 1.81 bits per heavy atom. The first-order chi connectivity index (χ1) is 12.5. The molecule has 0 N–H and O–H groups in total. The zero-order chi connectivity index (χ0) is 20.4. The van der Waals surface area contributed by atoms with Crippen LogP contribution in [0.25, 0.3) is 11.1 Å². The monoisotopic (exact) mass is 406 g/mol. The molecule has 2 aromatic rings. The molecular weight excluding hydrogens is 375 g/mol. The van der Waals surface area contributed by atoms with Gasteiger partial charge in [0.05, 0.1) is 15.1 Å². The van der Waals surface area contributed by atoms with E-state index < -0.39 is 10.1 Å². The fraction of sp³-hybridized carbons (Fsp3) is 0.455. The van der Waals surface area contributed by atoms with Gasteiger partial charge in [-0.15, -0.1) is 0 Å². The van der Waals surface area contributed by atoms with Crippen molar-refractivity contribution in [1.29, 1.82) is 0 Å². The molecule has 3 nitrogen and oxygen atoms in total. The first-order valence-electron chi connectivity index (χ1n) is 9.42. The molecule has 0 aliphatic heterocycles. The second-order valence-corrected chi connectivity index (χ2v) is 10.8. The standard InChI is InChI=1S/C22H31O3PS/c1-14(2)17-12-19(15(3)4)22(20(13-17)16(5)6)18-10-8-9-11-21(18)26-25-27(7,23)24/h8-16,26H,1-7H3. The van der Waals surface area contributed by atoms with Crippen LogP contribution in [-0.2, 0) is 14.1 Å². The van der Waals surface area contributed by atoms with Crippen molar-refractivity contribution in [2.45, 2.75) is 59.3 Å². The van der Waals surface area contributed by atoms with E-state index in [2.05, 4.69) is 59.7 Å². The molecule has 0 radical (unpaired) electrons. The summed E-state index contributed by atoms with van der Waals surface area (Å²) < 4.78 is 28.2. The van der Waals surface area contributed by atoms with Gasteiger partial charge in [0.2, 0.25) is 0 Å². The fourth-order valence-corrected chi connectivity index (χ4v) is 4.62. The molecule has 0 saturated heterocycles. The van der Waals surface area contributed by atoms with E-state index in [-0.39, 0.29) is 8.81 Å². The Bertz CT molecular complexity index is 871. The summed E-state index contributed by atoms with van der Waals surface area (Å²) >= 11 is 0. The highest BCUT2D eigenvalue weighted by Gasteiger charge is 2.20. The van der Waals surface area contributed by atoms with Crippen LogP contribution in [0.2, 0.25) is 0 Å². The van der Waals surface area contributed by atoms with E-state index >= 15 is 0 Å². The molecule has 5 heteroatoms. The fourth-order valence-electron chi connectivity index (χ4n) is 3.18. The van der Waals surface area contributed by atoms with E-state index in [4.69, 9.17) is 3.97 Å². The Kier molecular flexibility index (Phi) is 7.24. The SMILES string of the molecule is CC(C)c1cc(C(C)C)c(-c2ccccc2POS(C)(=O)=O)c(C(C)C)c1. The highest BCUT2D eigenvalue weighted by molar-refractivity contribution is 7.89. The van der Waals surface area contributed by atoms with Gasteiger partial charge in [0.25, 0.3) is 10.1 Å². The van der Waals surface area contributed by atoms with Crippen LogP contribution >= 0.6 is 8.81 Å². The molecule has 0 spiro atoms. The summed E-state index contributed by atoms with van der Waals surface area (Å²) in [4.78, 5) is 0. The molecule has 27 heavy (non-hydrogen) atoms. The smallest absolute Gasteiger partial charge is 0.246 e. The van der Waals surface area contributed by atoms with Gasteiger partial charge >= 0.3 is 0 Å². The van der Waals surface area contributed by atoms with Crippen LogP contribution in [0.4, 0.5) is 0 Å². The summed E-state index contributed by atoms with van der Waals surface area (Å²) in [5, 5.41) is 0.920. The van der Waals surface area contributed by atoms with Crippen molar-refractivity contribution in [3.05, 3.63) is 53.1 Å². The van der Waals surface area contributed by atoms with Crippen LogP contribution in [0.3, 0.4) is 0 Å². The molecule has 0 fully saturated rings.